The number of carbonyl (C=O) groups is 1. The van der Waals surface area contributed by atoms with Gasteiger partial charge in [-0.3, -0.25) is 14.3 Å². The Morgan fingerprint density at radius 2 is 1.93 bits per heavy atom. The van der Waals surface area contributed by atoms with Crippen LogP contribution in [0.25, 0.3) is 43.4 Å². The summed E-state index contributed by atoms with van der Waals surface area (Å²) < 4.78 is 8.34. The topological polar surface area (TPSA) is 144 Å². The van der Waals surface area contributed by atoms with Gasteiger partial charge in [0.25, 0.3) is 5.56 Å². The van der Waals surface area contributed by atoms with E-state index in [1.165, 1.54) is 22.2 Å². The SMILES string of the molecule is Cc1nc2c(-c3cncnc3)ccc(C#N)c2c(=O)n1CCOc1ccc(Cl)cc1-c1ccnc2c(C(=O)O)csc12. The van der Waals surface area contributed by atoms with E-state index in [1.807, 2.05) is 0 Å². The Labute approximate surface area is 247 Å². The molecule has 0 atom stereocenters. The predicted molar refractivity (Wildman–Crippen MR) is 159 cm³/mol. The van der Waals surface area contributed by atoms with Gasteiger partial charge in [-0.25, -0.2) is 19.7 Å². The summed E-state index contributed by atoms with van der Waals surface area (Å²) >= 11 is 7.61. The Morgan fingerprint density at radius 1 is 1.12 bits per heavy atom. The molecule has 4 heterocycles. The van der Waals surface area contributed by atoms with E-state index in [0.29, 0.717) is 49.0 Å². The first-order chi connectivity index (χ1) is 20.4. The average Bonchev–Trinajstić information content (AvgIpc) is 3.44. The lowest BCUT2D eigenvalue weighted by atomic mass is 10.0. The average molecular weight is 595 g/mol. The molecule has 1 N–H and O–H groups in total. The molecule has 0 unspecified atom stereocenters. The van der Waals surface area contributed by atoms with Gasteiger partial charge in [-0.2, -0.15) is 5.26 Å². The summed E-state index contributed by atoms with van der Waals surface area (Å²) in [7, 11) is 0. The van der Waals surface area contributed by atoms with E-state index in [4.69, 9.17) is 21.3 Å². The molecule has 0 aliphatic heterocycles. The monoisotopic (exact) mass is 594 g/mol. The van der Waals surface area contributed by atoms with Crippen molar-refractivity contribution >= 4 is 50.0 Å². The minimum absolute atomic E-state index is 0.107. The van der Waals surface area contributed by atoms with Crippen molar-refractivity contribution in [2.24, 2.45) is 0 Å². The summed E-state index contributed by atoms with van der Waals surface area (Å²) in [6.45, 7) is 1.99. The minimum Gasteiger partial charge on any atom is -0.491 e. The van der Waals surface area contributed by atoms with Crippen LogP contribution in [0.3, 0.4) is 0 Å². The maximum absolute atomic E-state index is 13.7. The molecular weight excluding hydrogens is 576 g/mol. The third-order valence-corrected chi connectivity index (χ3v) is 8.02. The lowest BCUT2D eigenvalue weighted by molar-refractivity contribution is 0.0699. The molecule has 6 rings (SSSR count). The normalized spacial score (nSPS) is 11.1. The number of rotatable bonds is 7. The third kappa shape index (κ3) is 4.72. The number of thiophene rings is 1. The second-order valence-corrected chi connectivity index (χ2v) is 10.5. The van der Waals surface area contributed by atoms with Crippen LogP contribution in [0.15, 0.2) is 71.5 Å². The van der Waals surface area contributed by atoms with Crippen molar-refractivity contribution in [1.29, 1.82) is 5.26 Å². The van der Waals surface area contributed by atoms with Crippen molar-refractivity contribution in [3.8, 4) is 34.1 Å². The summed E-state index contributed by atoms with van der Waals surface area (Å²) in [5.41, 5.74) is 3.50. The number of hydrogen-bond acceptors (Lipinski definition) is 9. The Balaban J connectivity index is 1.35. The van der Waals surface area contributed by atoms with Crippen molar-refractivity contribution in [2.45, 2.75) is 13.5 Å². The van der Waals surface area contributed by atoms with Gasteiger partial charge >= 0.3 is 5.97 Å². The van der Waals surface area contributed by atoms with Gasteiger partial charge in [0.2, 0.25) is 0 Å². The number of pyridine rings is 1. The van der Waals surface area contributed by atoms with Crippen molar-refractivity contribution in [1.82, 2.24) is 24.5 Å². The maximum Gasteiger partial charge on any atom is 0.338 e. The highest BCUT2D eigenvalue weighted by atomic mass is 35.5. The molecule has 12 heteroatoms. The fourth-order valence-corrected chi connectivity index (χ4v) is 6.04. The molecule has 206 valence electrons. The number of carboxylic acid groups (broad SMARTS) is 1. The number of carboxylic acids is 1. The van der Waals surface area contributed by atoms with Crippen LogP contribution in [0.2, 0.25) is 5.02 Å². The van der Waals surface area contributed by atoms with E-state index in [0.717, 1.165) is 5.56 Å². The molecule has 0 aliphatic rings. The van der Waals surface area contributed by atoms with Crippen LogP contribution in [0.5, 0.6) is 5.75 Å². The van der Waals surface area contributed by atoms with Gasteiger partial charge in [-0.15, -0.1) is 11.3 Å². The molecule has 0 radical (unpaired) electrons. The molecule has 42 heavy (non-hydrogen) atoms. The molecule has 0 fully saturated rings. The summed E-state index contributed by atoms with van der Waals surface area (Å²) in [6, 6.07) is 12.4. The predicted octanol–water partition coefficient (Wildman–Crippen LogP) is 5.74. The summed E-state index contributed by atoms with van der Waals surface area (Å²) in [5.74, 6) is -0.0981. The van der Waals surface area contributed by atoms with Gasteiger partial charge in [0, 0.05) is 51.2 Å². The highest BCUT2D eigenvalue weighted by Gasteiger charge is 2.19. The Bertz CT molecular complexity index is 2120. The molecule has 0 spiro atoms. The van der Waals surface area contributed by atoms with Crippen molar-refractivity contribution in [2.75, 3.05) is 6.61 Å². The van der Waals surface area contributed by atoms with Crippen LogP contribution in [0.4, 0.5) is 0 Å². The van der Waals surface area contributed by atoms with Gasteiger partial charge in [0.1, 0.15) is 30.6 Å². The summed E-state index contributed by atoms with van der Waals surface area (Å²) in [6.07, 6.45) is 6.22. The summed E-state index contributed by atoms with van der Waals surface area (Å²) in [5, 5.41) is 21.5. The van der Waals surface area contributed by atoms with Gasteiger partial charge < -0.3 is 9.84 Å². The molecule has 0 amide bonds. The largest absolute Gasteiger partial charge is 0.491 e. The van der Waals surface area contributed by atoms with Gasteiger partial charge in [0.15, 0.2) is 0 Å². The first-order valence-corrected chi connectivity index (χ1v) is 13.8. The molecule has 6 aromatic rings. The molecule has 4 aromatic heterocycles. The van der Waals surface area contributed by atoms with E-state index in [2.05, 4.69) is 21.0 Å². The van der Waals surface area contributed by atoms with Crippen LogP contribution in [0, 0.1) is 18.3 Å². The second kappa shape index (κ2) is 11.0. The molecule has 0 saturated heterocycles. The standard InChI is InChI=1S/C30H19ClN6O4S/c1-16-36-26-20(18-12-33-15-34-13-18)4-2-17(11-32)25(26)29(38)37(16)8-9-41-24-5-3-19(31)10-22(24)21-6-7-35-27-23(30(39)40)14-42-28(21)27/h2-7,10,12-15H,8-9H2,1H3,(H,39,40). The van der Waals surface area contributed by atoms with Gasteiger partial charge in [0.05, 0.1) is 38.8 Å². The highest BCUT2D eigenvalue weighted by molar-refractivity contribution is 7.18. The lowest BCUT2D eigenvalue weighted by Crippen LogP contribution is -2.27. The zero-order valence-corrected chi connectivity index (χ0v) is 23.5. The van der Waals surface area contributed by atoms with Crippen LogP contribution in [0.1, 0.15) is 21.7 Å². The number of fused-ring (bicyclic) bond motifs is 2. The number of nitrogens with zero attached hydrogens (tertiary/aromatic N) is 6. The zero-order chi connectivity index (χ0) is 29.4. The van der Waals surface area contributed by atoms with E-state index in [1.54, 1.807) is 67.3 Å². The smallest absolute Gasteiger partial charge is 0.338 e. The fourth-order valence-electron chi connectivity index (χ4n) is 4.84. The summed E-state index contributed by atoms with van der Waals surface area (Å²) in [4.78, 5) is 42.5. The van der Waals surface area contributed by atoms with E-state index in [9.17, 15) is 20.0 Å². The molecular formula is C30H19ClN6O4S. The van der Waals surface area contributed by atoms with Crippen LogP contribution < -0.4 is 10.3 Å². The minimum atomic E-state index is -1.05. The van der Waals surface area contributed by atoms with Crippen LogP contribution in [-0.2, 0) is 6.54 Å². The third-order valence-electron chi connectivity index (χ3n) is 6.78. The second-order valence-electron chi connectivity index (χ2n) is 9.22. The zero-order valence-electron chi connectivity index (χ0n) is 21.9. The van der Waals surface area contributed by atoms with Crippen molar-refractivity contribution < 1.29 is 14.6 Å². The van der Waals surface area contributed by atoms with Gasteiger partial charge in [-0.1, -0.05) is 17.7 Å². The Kier molecular flexibility index (Phi) is 7.08. The molecule has 10 nitrogen and oxygen atoms in total. The van der Waals surface area contributed by atoms with Crippen molar-refractivity contribution in [3.05, 3.63) is 99.0 Å². The van der Waals surface area contributed by atoms with Crippen molar-refractivity contribution in [3.63, 3.8) is 0 Å². The lowest BCUT2D eigenvalue weighted by Gasteiger charge is -2.16. The Morgan fingerprint density at radius 3 is 2.69 bits per heavy atom. The number of aromatic carboxylic acids is 1. The van der Waals surface area contributed by atoms with E-state index >= 15 is 0 Å². The molecule has 0 saturated carbocycles. The first kappa shape index (κ1) is 27.0. The van der Waals surface area contributed by atoms with E-state index in [-0.39, 0.29) is 35.2 Å². The number of hydrogen-bond donors (Lipinski definition) is 1. The number of nitriles is 1. The molecule has 0 aliphatic carbocycles. The first-order valence-electron chi connectivity index (χ1n) is 12.6. The number of benzene rings is 2. The number of halogens is 1. The van der Waals surface area contributed by atoms with Crippen LogP contribution >= 0.6 is 22.9 Å². The van der Waals surface area contributed by atoms with Crippen LogP contribution in [-0.4, -0.2) is 42.2 Å². The van der Waals surface area contributed by atoms with Gasteiger partial charge in [-0.05, 0) is 37.3 Å². The van der Waals surface area contributed by atoms with E-state index < -0.39 is 5.97 Å². The fraction of sp³-hybridized carbons (Fsp3) is 0.100. The molecule has 2 aromatic carbocycles. The molecule has 0 bridgehead atoms. The number of aryl methyl sites for hydroxylation is 1. The maximum atomic E-state index is 13.7. The Hall–Kier alpha value is -5.18. The quantitative estimate of drug-likeness (QED) is 0.244. The highest BCUT2D eigenvalue weighted by Crippen LogP contribution is 2.39. The number of aromatic nitrogens is 5. The number of ether oxygens (including phenoxy) is 1.